The van der Waals surface area contributed by atoms with Crippen molar-refractivity contribution in [1.82, 2.24) is 14.7 Å². The van der Waals surface area contributed by atoms with Gasteiger partial charge in [0.05, 0.1) is 0 Å². The fourth-order valence-electron chi connectivity index (χ4n) is 4.13. The average Bonchev–Trinajstić information content (AvgIpc) is 2.52. The van der Waals surface area contributed by atoms with Gasteiger partial charge in [-0.25, -0.2) is 0 Å². The molecule has 0 aromatic carbocycles. The van der Waals surface area contributed by atoms with Gasteiger partial charge in [-0.05, 0) is 84.6 Å². The predicted octanol–water partition coefficient (Wildman–Crippen LogP) is 2.44. The van der Waals surface area contributed by atoms with E-state index in [9.17, 15) is 4.79 Å². The Balaban J connectivity index is 1.77. The number of hydrogen-bond donors (Lipinski definition) is 0. The zero-order valence-electron chi connectivity index (χ0n) is 15.1. The SMILES string of the molecule is CC(=O)N(C)C1CCCC(N2CCC(CCN(C)C)CC2)C1. The van der Waals surface area contributed by atoms with Gasteiger partial charge in [-0.2, -0.15) is 0 Å². The summed E-state index contributed by atoms with van der Waals surface area (Å²) in [6.07, 6.45) is 9.03. The minimum Gasteiger partial charge on any atom is -0.343 e. The molecule has 2 fully saturated rings. The number of nitrogens with zero attached hydrogens (tertiary/aromatic N) is 3. The Morgan fingerprint density at radius 2 is 1.77 bits per heavy atom. The molecule has 1 amide bonds. The number of amides is 1. The maximum absolute atomic E-state index is 11.6. The molecule has 1 aliphatic heterocycles. The van der Waals surface area contributed by atoms with Gasteiger partial charge in [-0.3, -0.25) is 4.79 Å². The molecule has 1 heterocycles. The summed E-state index contributed by atoms with van der Waals surface area (Å²) in [7, 11) is 6.31. The summed E-state index contributed by atoms with van der Waals surface area (Å²) in [6.45, 7) is 5.44. The molecular weight excluding hydrogens is 274 g/mol. The van der Waals surface area contributed by atoms with Gasteiger partial charge in [0.25, 0.3) is 0 Å². The van der Waals surface area contributed by atoms with E-state index in [4.69, 9.17) is 0 Å². The Morgan fingerprint density at radius 1 is 1.09 bits per heavy atom. The van der Waals surface area contributed by atoms with Crippen LogP contribution in [0.15, 0.2) is 0 Å². The lowest BCUT2D eigenvalue weighted by Gasteiger charge is -2.43. The molecule has 0 bridgehead atoms. The minimum absolute atomic E-state index is 0.216. The van der Waals surface area contributed by atoms with Gasteiger partial charge in [0, 0.05) is 26.1 Å². The number of rotatable bonds is 5. The van der Waals surface area contributed by atoms with Crippen molar-refractivity contribution in [3.05, 3.63) is 0 Å². The van der Waals surface area contributed by atoms with Gasteiger partial charge in [0.15, 0.2) is 0 Å². The third-order valence-electron chi connectivity index (χ3n) is 5.81. The second-order valence-corrected chi connectivity index (χ2v) is 7.68. The molecule has 2 aliphatic rings. The van der Waals surface area contributed by atoms with Gasteiger partial charge in [0.1, 0.15) is 0 Å². The Bertz CT molecular complexity index is 350. The van der Waals surface area contributed by atoms with Gasteiger partial charge >= 0.3 is 0 Å². The largest absolute Gasteiger partial charge is 0.343 e. The third-order valence-corrected chi connectivity index (χ3v) is 5.81. The second kappa shape index (κ2) is 8.30. The molecule has 1 aliphatic carbocycles. The summed E-state index contributed by atoms with van der Waals surface area (Å²) in [4.78, 5) is 18.6. The van der Waals surface area contributed by atoms with Gasteiger partial charge in [0.2, 0.25) is 5.91 Å². The summed E-state index contributed by atoms with van der Waals surface area (Å²) in [5.74, 6) is 1.13. The first-order chi connectivity index (χ1) is 10.5. The molecule has 4 nitrogen and oxygen atoms in total. The summed E-state index contributed by atoms with van der Waals surface area (Å²) >= 11 is 0. The molecule has 1 saturated heterocycles. The molecule has 22 heavy (non-hydrogen) atoms. The lowest BCUT2D eigenvalue weighted by Crippen LogP contribution is -2.48. The number of hydrogen-bond acceptors (Lipinski definition) is 3. The van der Waals surface area contributed by atoms with Crippen LogP contribution in [0.5, 0.6) is 0 Å². The van der Waals surface area contributed by atoms with Crippen LogP contribution in [0.25, 0.3) is 0 Å². The maximum atomic E-state index is 11.6. The summed E-state index contributed by atoms with van der Waals surface area (Å²) in [5.41, 5.74) is 0. The normalized spacial score (nSPS) is 28.0. The van der Waals surface area contributed by atoms with E-state index in [0.717, 1.165) is 5.92 Å². The summed E-state index contributed by atoms with van der Waals surface area (Å²) < 4.78 is 0. The first-order valence-electron chi connectivity index (χ1n) is 9.09. The summed E-state index contributed by atoms with van der Waals surface area (Å²) in [5, 5.41) is 0. The number of carbonyl (C=O) groups excluding carboxylic acids is 1. The molecule has 2 rings (SSSR count). The van der Waals surface area contributed by atoms with Crippen molar-refractivity contribution in [3.63, 3.8) is 0 Å². The maximum Gasteiger partial charge on any atom is 0.219 e. The fraction of sp³-hybridized carbons (Fsp3) is 0.944. The number of piperidine rings is 1. The number of carbonyl (C=O) groups is 1. The molecule has 2 atom stereocenters. The van der Waals surface area contributed by atoms with Gasteiger partial charge in [-0.1, -0.05) is 0 Å². The zero-order chi connectivity index (χ0) is 16.1. The molecule has 0 radical (unpaired) electrons. The van der Waals surface area contributed by atoms with Crippen LogP contribution < -0.4 is 0 Å². The Hall–Kier alpha value is -0.610. The van der Waals surface area contributed by atoms with Crippen LogP contribution in [0.2, 0.25) is 0 Å². The van der Waals surface area contributed by atoms with Crippen molar-refractivity contribution < 1.29 is 4.79 Å². The molecule has 128 valence electrons. The molecule has 4 heteroatoms. The quantitative estimate of drug-likeness (QED) is 0.780. The predicted molar refractivity (Wildman–Crippen MR) is 92.0 cm³/mol. The van der Waals surface area contributed by atoms with Crippen LogP contribution in [0.1, 0.15) is 51.9 Å². The van der Waals surface area contributed by atoms with Crippen molar-refractivity contribution >= 4 is 5.91 Å². The molecule has 0 aromatic rings. The molecule has 2 unspecified atom stereocenters. The van der Waals surface area contributed by atoms with Crippen LogP contribution in [0.4, 0.5) is 0 Å². The molecular formula is C18H35N3O. The Morgan fingerprint density at radius 3 is 2.36 bits per heavy atom. The van der Waals surface area contributed by atoms with E-state index in [1.165, 1.54) is 64.6 Å². The highest BCUT2D eigenvalue weighted by atomic mass is 16.2. The van der Waals surface area contributed by atoms with Crippen LogP contribution >= 0.6 is 0 Å². The number of likely N-dealkylation sites (tertiary alicyclic amines) is 1. The highest BCUT2D eigenvalue weighted by Crippen LogP contribution is 2.30. The van der Waals surface area contributed by atoms with E-state index in [2.05, 4.69) is 23.9 Å². The average molecular weight is 309 g/mol. The van der Waals surface area contributed by atoms with E-state index in [0.29, 0.717) is 12.1 Å². The second-order valence-electron chi connectivity index (χ2n) is 7.68. The van der Waals surface area contributed by atoms with Crippen LogP contribution in [0, 0.1) is 5.92 Å². The van der Waals surface area contributed by atoms with Crippen molar-refractivity contribution in [2.45, 2.75) is 64.0 Å². The minimum atomic E-state index is 0.216. The Labute approximate surface area is 136 Å². The molecule has 0 aromatic heterocycles. The lowest BCUT2D eigenvalue weighted by atomic mass is 9.86. The first-order valence-corrected chi connectivity index (χ1v) is 9.09. The third kappa shape index (κ3) is 4.95. The standard InChI is InChI=1S/C18H35N3O/c1-15(22)20(4)17-6-5-7-18(14-17)21-12-9-16(10-13-21)8-11-19(2)3/h16-18H,5-14H2,1-4H3. The monoisotopic (exact) mass is 309 g/mol. The molecule has 0 N–H and O–H groups in total. The van der Waals surface area contributed by atoms with E-state index >= 15 is 0 Å². The van der Waals surface area contributed by atoms with Gasteiger partial charge in [-0.15, -0.1) is 0 Å². The molecule has 1 saturated carbocycles. The first kappa shape index (κ1) is 17.7. The van der Waals surface area contributed by atoms with E-state index in [1.54, 1.807) is 6.92 Å². The van der Waals surface area contributed by atoms with Crippen molar-refractivity contribution in [1.29, 1.82) is 0 Å². The smallest absolute Gasteiger partial charge is 0.219 e. The van der Waals surface area contributed by atoms with Crippen LogP contribution in [-0.4, -0.2) is 73.5 Å². The zero-order valence-corrected chi connectivity index (χ0v) is 15.1. The highest BCUT2D eigenvalue weighted by Gasteiger charge is 2.31. The highest BCUT2D eigenvalue weighted by molar-refractivity contribution is 5.73. The van der Waals surface area contributed by atoms with Crippen molar-refractivity contribution in [2.75, 3.05) is 40.8 Å². The van der Waals surface area contributed by atoms with Crippen LogP contribution in [0.3, 0.4) is 0 Å². The topological polar surface area (TPSA) is 26.8 Å². The molecule has 0 spiro atoms. The van der Waals surface area contributed by atoms with Crippen molar-refractivity contribution in [2.24, 2.45) is 5.92 Å². The van der Waals surface area contributed by atoms with Gasteiger partial charge < -0.3 is 14.7 Å². The van der Waals surface area contributed by atoms with Crippen molar-refractivity contribution in [3.8, 4) is 0 Å². The van der Waals surface area contributed by atoms with E-state index in [1.807, 2.05) is 11.9 Å². The summed E-state index contributed by atoms with van der Waals surface area (Å²) in [6, 6.07) is 1.16. The van der Waals surface area contributed by atoms with E-state index < -0.39 is 0 Å². The van der Waals surface area contributed by atoms with Crippen LogP contribution in [-0.2, 0) is 4.79 Å². The fourth-order valence-corrected chi connectivity index (χ4v) is 4.13. The Kier molecular flexibility index (Phi) is 6.69. The van der Waals surface area contributed by atoms with E-state index in [-0.39, 0.29) is 5.91 Å². The lowest BCUT2D eigenvalue weighted by molar-refractivity contribution is -0.130.